The highest BCUT2D eigenvalue weighted by Crippen LogP contribution is 2.46. The smallest absolute Gasteiger partial charge is 0.338 e. The lowest BCUT2D eigenvalue weighted by Crippen LogP contribution is -2.07. The van der Waals surface area contributed by atoms with Crippen molar-refractivity contribution >= 4 is 11.5 Å². The molecule has 0 radical (unpaired) electrons. The summed E-state index contributed by atoms with van der Waals surface area (Å²) >= 11 is 0. The van der Waals surface area contributed by atoms with E-state index in [1.54, 1.807) is 0 Å². The fourth-order valence-electron chi connectivity index (χ4n) is 2.61. The van der Waals surface area contributed by atoms with Gasteiger partial charge < -0.3 is 4.74 Å². The van der Waals surface area contributed by atoms with Crippen LogP contribution in [0.25, 0.3) is 5.57 Å². The fourth-order valence-corrected chi connectivity index (χ4v) is 2.61. The first-order valence-corrected chi connectivity index (χ1v) is 6.29. The van der Waals surface area contributed by atoms with E-state index >= 15 is 0 Å². The van der Waals surface area contributed by atoms with Gasteiger partial charge in [-0.2, -0.15) is 0 Å². The highest BCUT2D eigenvalue weighted by molar-refractivity contribution is 6.19. The largest absolute Gasteiger partial charge is 0.462 e. The van der Waals surface area contributed by atoms with Crippen LogP contribution >= 0.6 is 0 Å². The molecule has 3 rings (SSSR count). The van der Waals surface area contributed by atoms with Crippen LogP contribution in [0.4, 0.5) is 0 Å². The summed E-state index contributed by atoms with van der Waals surface area (Å²) in [4.78, 5) is 12.1. The van der Waals surface area contributed by atoms with Gasteiger partial charge in [0.1, 0.15) is 0 Å². The maximum absolute atomic E-state index is 12.1. The first-order valence-electron chi connectivity index (χ1n) is 6.29. The molecule has 1 fully saturated rings. The normalized spacial score (nSPS) is 18.2. The molecule has 1 aromatic carbocycles. The minimum absolute atomic E-state index is 0.139. The van der Waals surface area contributed by atoms with Gasteiger partial charge in [0.25, 0.3) is 0 Å². The standard InChI is InChI=1S/C15H16O2/c1-2-17-15(16)14-12-6-4-3-5-11(12)9-13(14)10-7-8-10/h3-6,10H,2,7-9H2,1H3. The molecule has 88 valence electrons. The molecular weight excluding hydrogens is 212 g/mol. The van der Waals surface area contributed by atoms with Crippen molar-refractivity contribution in [2.75, 3.05) is 6.61 Å². The highest BCUT2D eigenvalue weighted by Gasteiger charge is 2.36. The first kappa shape index (κ1) is 10.6. The molecule has 2 aliphatic carbocycles. The van der Waals surface area contributed by atoms with Gasteiger partial charge in [0.2, 0.25) is 0 Å². The Hall–Kier alpha value is -1.57. The van der Waals surface area contributed by atoms with E-state index in [2.05, 4.69) is 6.07 Å². The molecule has 0 atom stereocenters. The molecule has 0 spiro atoms. The summed E-state index contributed by atoms with van der Waals surface area (Å²) in [6, 6.07) is 8.19. The van der Waals surface area contributed by atoms with Crippen LogP contribution in [0.3, 0.4) is 0 Å². The Morgan fingerprint density at radius 1 is 1.35 bits per heavy atom. The van der Waals surface area contributed by atoms with Crippen molar-refractivity contribution in [1.29, 1.82) is 0 Å². The number of carbonyl (C=O) groups excluding carboxylic acids is 1. The van der Waals surface area contributed by atoms with E-state index in [-0.39, 0.29) is 5.97 Å². The highest BCUT2D eigenvalue weighted by atomic mass is 16.5. The maximum Gasteiger partial charge on any atom is 0.338 e. The second-order valence-corrected chi connectivity index (χ2v) is 4.73. The van der Waals surface area contributed by atoms with E-state index in [0.29, 0.717) is 12.5 Å². The van der Waals surface area contributed by atoms with E-state index < -0.39 is 0 Å². The summed E-state index contributed by atoms with van der Waals surface area (Å²) in [5, 5.41) is 0. The molecule has 1 saturated carbocycles. The molecule has 0 unspecified atom stereocenters. The lowest BCUT2D eigenvalue weighted by atomic mass is 10.0. The summed E-state index contributed by atoms with van der Waals surface area (Å²) < 4.78 is 5.19. The zero-order chi connectivity index (χ0) is 11.8. The predicted octanol–water partition coefficient (Wildman–Crippen LogP) is 2.97. The third kappa shape index (κ3) is 1.78. The number of carbonyl (C=O) groups is 1. The number of hydrogen-bond acceptors (Lipinski definition) is 2. The minimum Gasteiger partial charge on any atom is -0.462 e. The molecule has 2 heteroatoms. The molecule has 0 saturated heterocycles. The Kier molecular flexibility index (Phi) is 2.50. The lowest BCUT2D eigenvalue weighted by Gasteiger charge is -2.07. The van der Waals surface area contributed by atoms with Gasteiger partial charge in [0.15, 0.2) is 0 Å². The van der Waals surface area contributed by atoms with Crippen LogP contribution in [-0.2, 0) is 16.0 Å². The minimum atomic E-state index is -0.139. The molecule has 0 N–H and O–H groups in total. The van der Waals surface area contributed by atoms with E-state index in [4.69, 9.17) is 4.74 Å². The van der Waals surface area contributed by atoms with E-state index in [9.17, 15) is 4.79 Å². The number of ether oxygens (including phenoxy) is 1. The Labute approximate surface area is 101 Å². The van der Waals surface area contributed by atoms with Crippen molar-refractivity contribution < 1.29 is 9.53 Å². The van der Waals surface area contributed by atoms with E-state index in [0.717, 1.165) is 17.6 Å². The van der Waals surface area contributed by atoms with Crippen molar-refractivity contribution in [1.82, 2.24) is 0 Å². The summed E-state index contributed by atoms with van der Waals surface area (Å²) in [5.74, 6) is 0.487. The Balaban J connectivity index is 2.03. The average Bonchev–Trinajstić information content (AvgIpc) is 3.09. The molecule has 0 heterocycles. The van der Waals surface area contributed by atoms with Gasteiger partial charge in [-0.1, -0.05) is 24.3 Å². The molecule has 2 aliphatic rings. The molecular formula is C15H16O2. The fraction of sp³-hybridized carbons (Fsp3) is 0.400. The van der Waals surface area contributed by atoms with Gasteiger partial charge in [-0.05, 0) is 48.8 Å². The third-order valence-electron chi connectivity index (χ3n) is 3.54. The first-order chi connectivity index (χ1) is 8.31. The van der Waals surface area contributed by atoms with Crippen LogP contribution in [0.2, 0.25) is 0 Å². The topological polar surface area (TPSA) is 26.3 Å². The van der Waals surface area contributed by atoms with Gasteiger partial charge in [0, 0.05) is 0 Å². The van der Waals surface area contributed by atoms with Gasteiger partial charge in [0.05, 0.1) is 12.2 Å². The lowest BCUT2D eigenvalue weighted by molar-refractivity contribution is -0.136. The number of rotatable bonds is 3. The van der Waals surface area contributed by atoms with Crippen LogP contribution in [-0.4, -0.2) is 12.6 Å². The van der Waals surface area contributed by atoms with Gasteiger partial charge >= 0.3 is 5.97 Å². The monoisotopic (exact) mass is 228 g/mol. The number of benzene rings is 1. The quantitative estimate of drug-likeness (QED) is 0.743. The predicted molar refractivity (Wildman–Crippen MR) is 66.4 cm³/mol. The Morgan fingerprint density at radius 2 is 2.12 bits per heavy atom. The second-order valence-electron chi connectivity index (χ2n) is 4.73. The molecule has 0 aromatic heterocycles. The van der Waals surface area contributed by atoms with Crippen molar-refractivity contribution in [3.05, 3.63) is 41.0 Å². The zero-order valence-electron chi connectivity index (χ0n) is 10.0. The third-order valence-corrected chi connectivity index (χ3v) is 3.54. The Bertz CT molecular complexity index is 495. The van der Waals surface area contributed by atoms with Crippen LogP contribution in [0, 0.1) is 5.92 Å². The molecule has 1 aromatic rings. The molecule has 17 heavy (non-hydrogen) atoms. The van der Waals surface area contributed by atoms with Gasteiger partial charge in [-0.25, -0.2) is 4.79 Å². The van der Waals surface area contributed by atoms with Crippen LogP contribution in [0.15, 0.2) is 29.8 Å². The number of fused-ring (bicyclic) bond motifs is 1. The zero-order valence-corrected chi connectivity index (χ0v) is 10.0. The van der Waals surface area contributed by atoms with Crippen molar-refractivity contribution in [3.63, 3.8) is 0 Å². The van der Waals surface area contributed by atoms with Crippen LogP contribution in [0.1, 0.15) is 30.9 Å². The van der Waals surface area contributed by atoms with E-state index in [1.165, 1.54) is 24.0 Å². The molecule has 0 bridgehead atoms. The number of allylic oxidation sites excluding steroid dienone is 1. The Morgan fingerprint density at radius 3 is 2.82 bits per heavy atom. The van der Waals surface area contributed by atoms with Crippen molar-refractivity contribution in [3.8, 4) is 0 Å². The SMILES string of the molecule is CCOC(=O)C1=C(C2CC2)Cc2ccccc21. The molecule has 0 amide bonds. The van der Waals surface area contributed by atoms with Gasteiger partial charge in [-0.15, -0.1) is 0 Å². The van der Waals surface area contributed by atoms with Gasteiger partial charge in [-0.3, -0.25) is 0 Å². The average molecular weight is 228 g/mol. The van der Waals surface area contributed by atoms with Crippen LogP contribution < -0.4 is 0 Å². The van der Waals surface area contributed by atoms with Crippen molar-refractivity contribution in [2.24, 2.45) is 5.92 Å². The van der Waals surface area contributed by atoms with Crippen LogP contribution in [0.5, 0.6) is 0 Å². The number of hydrogen-bond donors (Lipinski definition) is 0. The second kappa shape index (κ2) is 4.02. The van der Waals surface area contributed by atoms with Crippen molar-refractivity contribution in [2.45, 2.75) is 26.2 Å². The number of esters is 1. The summed E-state index contributed by atoms with van der Waals surface area (Å²) in [7, 11) is 0. The summed E-state index contributed by atoms with van der Waals surface area (Å²) in [6.45, 7) is 2.30. The summed E-state index contributed by atoms with van der Waals surface area (Å²) in [6.07, 6.45) is 3.40. The molecule has 0 aliphatic heterocycles. The maximum atomic E-state index is 12.1. The summed E-state index contributed by atoms with van der Waals surface area (Å²) in [5.41, 5.74) is 4.53. The molecule has 2 nitrogen and oxygen atoms in total. The van der Waals surface area contributed by atoms with E-state index in [1.807, 2.05) is 25.1 Å².